The zero-order valence-electron chi connectivity index (χ0n) is 23.4. The molecule has 41 heavy (non-hydrogen) atoms. The summed E-state index contributed by atoms with van der Waals surface area (Å²) in [7, 11) is 0. The molecule has 0 unspecified atom stereocenters. The van der Waals surface area contributed by atoms with E-state index in [2.05, 4.69) is 10.3 Å². The third-order valence-electron chi connectivity index (χ3n) is 5.45. The van der Waals surface area contributed by atoms with Crippen molar-refractivity contribution < 1.29 is 38.2 Å². The van der Waals surface area contributed by atoms with Crippen molar-refractivity contribution in [3.63, 3.8) is 0 Å². The molecule has 2 amide bonds. The second-order valence-electron chi connectivity index (χ2n) is 8.49. The average Bonchev–Trinajstić information content (AvgIpc) is 3.40. The van der Waals surface area contributed by atoms with Crippen molar-refractivity contribution in [3.05, 3.63) is 44.6 Å². The third kappa shape index (κ3) is 8.27. The summed E-state index contributed by atoms with van der Waals surface area (Å²) in [6.07, 6.45) is 0. The van der Waals surface area contributed by atoms with Gasteiger partial charge in [-0.15, -0.1) is 23.1 Å². The predicted octanol–water partition coefficient (Wildman–Crippen LogP) is 4.10. The van der Waals surface area contributed by atoms with Gasteiger partial charge < -0.3 is 24.1 Å². The number of thiophene rings is 1. The molecular weight excluding hydrogens is 591 g/mol. The van der Waals surface area contributed by atoms with Gasteiger partial charge in [0.05, 0.1) is 47.1 Å². The number of amides is 2. The molecule has 0 saturated carbocycles. The highest BCUT2D eigenvalue weighted by molar-refractivity contribution is 8.00. The van der Waals surface area contributed by atoms with E-state index in [0.29, 0.717) is 10.4 Å². The van der Waals surface area contributed by atoms with Crippen molar-refractivity contribution in [2.24, 2.45) is 4.99 Å². The molecule has 2 heterocycles. The molecule has 0 saturated heterocycles. The summed E-state index contributed by atoms with van der Waals surface area (Å²) in [6, 6.07) is 5.73. The largest absolute Gasteiger partial charge is 0.465 e. The van der Waals surface area contributed by atoms with Crippen molar-refractivity contribution in [2.45, 2.75) is 41.2 Å². The van der Waals surface area contributed by atoms with Crippen LogP contribution >= 0.6 is 34.4 Å². The van der Waals surface area contributed by atoms with Gasteiger partial charge in [-0.3, -0.25) is 14.4 Å². The Morgan fingerprint density at radius 3 is 2.29 bits per heavy atom. The molecule has 1 aromatic carbocycles. The van der Waals surface area contributed by atoms with E-state index in [-0.39, 0.29) is 53.3 Å². The molecule has 14 heteroatoms. The number of esters is 3. The normalized spacial score (nSPS) is 11.4. The van der Waals surface area contributed by atoms with Crippen molar-refractivity contribution in [1.82, 2.24) is 4.57 Å². The zero-order chi connectivity index (χ0) is 30.1. The standard InChI is InChI=1S/C27H31N3O8S3/c1-6-36-21(33)12-30-17-10-9-15(4)11-18(17)40-27(30)29-20(32)14-39-13-19(31)28-24-22(25(34)37-7-2)16(5)23(41-24)26(35)38-8-3/h9-11H,6-8,12-14H2,1-5H3,(H,28,31). The first kappa shape index (κ1) is 32.0. The summed E-state index contributed by atoms with van der Waals surface area (Å²) in [4.78, 5) is 67.2. The molecule has 0 aliphatic rings. The lowest BCUT2D eigenvalue weighted by Crippen LogP contribution is -2.23. The zero-order valence-corrected chi connectivity index (χ0v) is 25.8. The van der Waals surface area contributed by atoms with E-state index in [0.717, 1.165) is 38.9 Å². The van der Waals surface area contributed by atoms with E-state index in [1.165, 1.54) is 11.3 Å². The van der Waals surface area contributed by atoms with Crippen molar-refractivity contribution >= 4 is 79.4 Å². The minimum atomic E-state index is -0.664. The minimum Gasteiger partial charge on any atom is -0.465 e. The van der Waals surface area contributed by atoms with Gasteiger partial charge in [-0.1, -0.05) is 17.4 Å². The average molecular weight is 622 g/mol. The van der Waals surface area contributed by atoms with Crippen LogP contribution in [0, 0.1) is 13.8 Å². The third-order valence-corrected chi connectivity index (χ3v) is 8.60. The molecule has 3 rings (SSSR count). The number of anilines is 1. The fourth-order valence-electron chi connectivity index (χ4n) is 3.73. The summed E-state index contributed by atoms with van der Waals surface area (Å²) in [5.41, 5.74) is 2.25. The molecule has 0 fully saturated rings. The first-order valence-electron chi connectivity index (χ1n) is 12.8. The Kier molecular flexibility index (Phi) is 11.7. The monoisotopic (exact) mass is 621 g/mol. The highest BCUT2D eigenvalue weighted by Crippen LogP contribution is 2.34. The molecule has 3 aromatic rings. The van der Waals surface area contributed by atoms with Gasteiger partial charge in [-0.25, -0.2) is 9.59 Å². The van der Waals surface area contributed by atoms with E-state index in [9.17, 15) is 24.0 Å². The lowest BCUT2D eigenvalue weighted by Gasteiger charge is -2.07. The van der Waals surface area contributed by atoms with Gasteiger partial charge in [0.2, 0.25) is 5.91 Å². The number of rotatable bonds is 12. The van der Waals surface area contributed by atoms with Gasteiger partial charge in [0, 0.05) is 0 Å². The number of aromatic nitrogens is 1. The fraction of sp³-hybridized carbons (Fsp3) is 0.407. The van der Waals surface area contributed by atoms with E-state index in [4.69, 9.17) is 14.2 Å². The van der Waals surface area contributed by atoms with Crippen LogP contribution in [0.15, 0.2) is 23.2 Å². The quantitative estimate of drug-likeness (QED) is 0.234. The topological polar surface area (TPSA) is 142 Å². The Labute approximate surface area is 248 Å². The summed E-state index contributed by atoms with van der Waals surface area (Å²) < 4.78 is 17.7. The molecule has 220 valence electrons. The summed E-state index contributed by atoms with van der Waals surface area (Å²) in [5.74, 6) is -2.86. The van der Waals surface area contributed by atoms with Gasteiger partial charge in [-0.2, -0.15) is 4.99 Å². The number of thioether (sulfide) groups is 1. The maximum atomic E-state index is 12.7. The maximum absolute atomic E-state index is 12.7. The number of aryl methyl sites for hydroxylation is 1. The highest BCUT2D eigenvalue weighted by atomic mass is 32.2. The molecule has 0 atom stereocenters. The van der Waals surface area contributed by atoms with Crippen LogP contribution in [-0.4, -0.2) is 65.6 Å². The smallest absolute Gasteiger partial charge is 0.348 e. The van der Waals surface area contributed by atoms with E-state index < -0.39 is 29.7 Å². The van der Waals surface area contributed by atoms with Crippen LogP contribution in [0.1, 0.15) is 51.9 Å². The van der Waals surface area contributed by atoms with Gasteiger partial charge in [0.1, 0.15) is 16.4 Å². The molecular formula is C27H31N3O8S3. The number of carbonyl (C=O) groups excluding carboxylic acids is 5. The van der Waals surface area contributed by atoms with Gasteiger partial charge in [0.15, 0.2) is 4.80 Å². The minimum absolute atomic E-state index is 0.0879. The lowest BCUT2D eigenvalue weighted by atomic mass is 10.1. The van der Waals surface area contributed by atoms with E-state index in [1.54, 1.807) is 32.3 Å². The Bertz CT molecular complexity index is 1540. The van der Waals surface area contributed by atoms with Crippen LogP contribution in [0.3, 0.4) is 0 Å². The Morgan fingerprint density at radius 1 is 0.927 bits per heavy atom. The molecule has 11 nitrogen and oxygen atoms in total. The fourth-order valence-corrected chi connectivity index (χ4v) is 6.58. The summed E-state index contributed by atoms with van der Waals surface area (Å²) in [6.45, 7) is 9.01. The van der Waals surface area contributed by atoms with Crippen LogP contribution in [-0.2, 0) is 35.1 Å². The Balaban J connectivity index is 1.72. The number of nitrogens with zero attached hydrogens (tertiary/aromatic N) is 2. The number of fused-ring (bicyclic) bond motifs is 1. The SMILES string of the molecule is CCOC(=O)Cn1c(=NC(=O)CSCC(=O)Nc2sc(C(=O)OCC)c(C)c2C(=O)OCC)sc2cc(C)ccc21. The molecule has 0 bridgehead atoms. The Hall–Kier alpha value is -3.49. The molecule has 0 aliphatic carbocycles. The maximum Gasteiger partial charge on any atom is 0.348 e. The highest BCUT2D eigenvalue weighted by Gasteiger charge is 2.27. The van der Waals surface area contributed by atoms with Crippen LogP contribution in [0.25, 0.3) is 10.2 Å². The van der Waals surface area contributed by atoms with Gasteiger partial charge >= 0.3 is 17.9 Å². The first-order valence-corrected chi connectivity index (χ1v) is 15.6. The number of ether oxygens (including phenoxy) is 3. The number of hydrogen-bond acceptors (Lipinski definition) is 11. The lowest BCUT2D eigenvalue weighted by molar-refractivity contribution is -0.143. The molecule has 1 N–H and O–H groups in total. The predicted molar refractivity (Wildman–Crippen MR) is 159 cm³/mol. The second kappa shape index (κ2) is 14.9. The van der Waals surface area contributed by atoms with Crippen molar-refractivity contribution in [3.8, 4) is 0 Å². The van der Waals surface area contributed by atoms with Crippen molar-refractivity contribution in [2.75, 3.05) is 36.6 Å². The van der Waals surface area contributed by atoms with E-state index in [1.807, 2.05) is 25.1 Å². The molecule has 0 aliphatic heterocycles. The van der Waals surface area contributed by atoms with Crippen LogP contribution in [0.2, 0.25) is 0 Å². The van der Waals surface area contributed by atoms with Crippen LogP contribution in [0.5, 0.6) is 0 Å². The van der Waals surface area contributed by atoms with Gasteiger partial charge in [0.25, 0.3) is 5.91 Å². The number of hydrogen-bond donors (Lipinski definition) is 1. The second-order valence-corrected chi connectivity index (χ2v) is 11.5. The van der Waals surface area contributed by atoms with Gasteiger partial charge in [-0.05, 0) is 57.9 Å². The molecule has 0 spiro atoms. The van der Waals surface area contributed by atoms with Crippen LogP contribution in [0.4, 0.5) is 5.00 Å². The number of carbonyl (C=O) groups is 5. The molecule has 2 aromatic heterocycles. The van der Waals surface area contributed by atoms with Crippen molar-refractivity contribution in [1.29, 1.82) is 0 Å². The summed E-state index contributed by atoms with van der Waals surface area (Å²) >= 11 is 3.25. The number of thiazole rings is 1. The Morgan fingerprint density at radius 2 is 1.61 bits per heavy atom. The number of nitrogens with one attached hydrogen (secondary N) is 1. The first-order chi connectivity index (χ1) is 19.6. The molecule has 0 radical (unpaired) electrons. The number of benzene rings is 1. The van der Waals surface area contributed by atoms with E-state index >= 15 is 0 Å². The summed E-state index contributed by atoms with van der Waals surface area (Å²) in [5, 5.41) is 2.82. The van der Waals surface area contributed by atoms with Crippen LogP contribution < -0.4 is 10.1 Å².